The molecule has 3 rings (SSSR count). The Bertz CT molecular complexity index is 823. The summed E-state index contributed by atoms with van der Waals surface area (Å²) in [6, 6.07) is 16.8. The molecule has 1 aliphatic rings. The van der Waals surface area contributed by atoms with Crippen molar-refractivity contribution in [1.82, 2.24) is 5.32 Å². The topological polar surface area (TPSA) is 38.3 Å². The number of hydrogen-bond donors (Lipinski definition) is 1. The van der Waals surface area contributed by atoms with E-state index in [4.69, 9.17) is 4.74 Å². The van der Waals surface area contributed by atoms with Crippen LogP contribution in [-0.4, -0.2) is 11.4 Å². The first-order chi connectivity index (χ1) is 12.6. The van der Waals surface area contributed by atoms with Gasteiger partial charge in [-0.25, -0.2) is 0 Å². The Morgan fingerprint density at radius 1 is 0.889 bits per heavy atom. The van der Waals surface area contributed by atoms with Crippen molar-refractivity contribution in [2.75, 3.05) is 0 Å². The summed E-state index contributed by atoms with van der Waals surface area (Å²) in [5.41, 5.74) is 4.28. The molecule has 27 heavy (non-hydrogen) atoms. The average Bonchev–Trinajstić information content (AvgIpc) is 2.93. The molecule has 1 aliphatic heterocycles. The molecule has 3 nitrogen and oxygen atoms in total. The van der Waals surface area contributed by atoms with Crippen molar-refractivity contribution in [3.05, 3.63) is 82.1 Å². The molecule has 0 saturated heterocycles. The van der Waals surface area contributed by atoms with Gasteiger partial charge in [0.25, 0.3) is 5.91 Å². The molecule has 1 amide bonds. The van der Waals surface area contributed by atoms with E-state index in [9.17, 15) is 4.79 Å². The van der Waals surface area contributed by atoms with E-state index in [1.165, 1.54) is 11.1 Å². The fourth-order valence-corrected chi connectivity index (χ4v) is 3.52. The van der Waals surface area contributed by atoms with E-state index in [2.05, 4.69) is 67.7 Å². The second-order valence-electron chi connectivity index (χ2n) is 8.58. The maximum Gasteiger partial charge on any atom is 0.251 e. The second kappa shape index (κ2) is 6.88. The highest BCUT2D eigenvalue weighted by Crippen LogP contribution is 2.47. The molecule has 0 spiro atoms. The third-order valence-corrected chi connectivity index (χ3v) is 4.98. The molecule has 0 unspecified atom stereocenters. The molecule has 0 aromatic heterocycles. The van der Waals surface area contributed by atoms with Crippen molar-refractivity contribution in [3.8, 4) is 0 Å². The van der Waals surface area contributed by atoms with Crippen LogP contribution in [0.4, 0.5) is 0 Å². The van der Waals surface area contributed by atoms with Crippen LogP contribution in [-0.2, 0) is 15.1 Å². The molecule has 1 N–H and O–H groups in total. The summed E-state index contributed by atoms with van der Waals surface area (Å²) < 4.78 is 6.47. The van der Waals surface area contributed by atoms with Gasteiger partial charge in [-0.05, 0) is 41.5 Å². The van der Waals surface area contributed by atoms with Crippen LogP contribution in [0, 0.1) is 13.8 Å². The van der Waals surface area contributed by atoms with Gasteiger partial charge in [0.1, 0.15) is 5.76 Å². The number of allylic oxidation sites excluding steroid dienone is 1. The van der Waals surface area contributed by atoms with E-state index in [0.29, 0.717) is 17.8 Å². The molecule has 0 fully saturated rings. The van der Waals surface area contributed by atoms with Gasteiger partial charge in [0, 0.05) is 23.1 Å². The fraction of sp³-hybridized carbons (Fsp3) is 0.375. The first-order valence-electron chi connectivity index (χ1n) is 9.46. The Hall–Kier alpha value is -2.55. The minimum absolute atomic E-state index is 0.0545. The fourth-order valence-electron chi connectivity index (χ4n) is 3.52. The molecule has 0 radical (unpaired) electrons. The minimum Gasteiger partial charge on any atom is -0.482 e. The second-order valence-corrected chi connectivity index (χ2v) is 8.58. The van der Waals surface area contributed by atoms with E-state index in [0.717, 1.165) is 11.1 Å². The Morgan fingerprint density at radius 3 is 1.74 bits per heavy atom. The highest BCUT2D eigenvalue weighted by Gasteiger charge is 2.45. The van der Waals surface area contributed by atoms with Crippen molar-refractivity contribution in [1.29, 1.82) is 0 Å². The van der Waals surface area contributed by atoms with Crippen molar-refractivity contribution >= 4 is 5.91 Å². The lowest BCUT2D eigenvalue weighted by Crippen LogP contribution is -2.41. The monoisotopic (exact) mass is 363 g/mol. The highest BCUT2D eigenvalue weighted by atomic mass is 16.5. The van der Waals surface area contributed by atoms with Crippen molar-refractivity contribution in [3.63, 3.8) is 0 Å². The molecule has 142 valence electrons. The molecule has 0 aliphatic carbocycles. The van der Waals surface area contributed by atoms with Gasteiger partial charge in [0.15, 0.2) is 5.60 Å². The lowest BCUT2D eigenvalue weighted by molar-refractivity contribution is -0.119. The zero-order valence-corrected chi connectivity index (χ0v) is 17.1. The number of ether oxygens (including phenoxy) is 1. The number of aryl methyl sites for hydroxylation is 2. The Balaban J connectivity index is 2.04. The van der Waals surface area contributed by atoms with E-state index < -0.39 is 5.60 Å². The van der Waals surface area contributed by atoms with Crippen molar-refractivity contribution in [2.45, 2.75) is 59.1 Å². The lowest BCUT2D eigenvalue weighted by atomic mass is 9.81. The summed E-state index contributed by atoms with van der Waals surface area (Å²) in [5.74, 6) is 0.638. The molecule has 2 aromatic rings. The Morgan fingerprint density at radius 2 is 1.33 bits per heavy atom. The number of carbonyl (C=O) groups is 1. The van der Waals surface area contributed by atoms with Gasteiger partial charge in [-0.2, -0.15) is 0 Å². The number of amides is 1. The van der Waals surface area contributed by atoms with Gasteiger partial charge in [-0.15, -0.1) is 0 Å². The van der Waals surface area contributed by atoms with Crippen LogP contribution in [0.2, 0.25) is 0 Å². The molecule has 0 bridgehead atoms. The number of benzene rings is 2. The normalized spacial score (nSPS) is 16.2. The first kappa shape index (κ1) is 19.2. The lowest BCUT2D eigenvalue weighted by Gasteiger charge is -2.31. The summed E-state index contributed by atoms with van der Waals surface area (Å²) in [7, 11) is 0. The first-order valence-corrected chi connectivity index (χ1v) is 9.46. The predicted octanol–water partition coefficient (Wildman–Crippen LogP) is 5.16. The zero-order chi connectivity index (χ0) is 19.8. The van der Waals surface area contributed by atoms with Gasteiger partial charge in [-0.1, -0.05) is 59.7 Å². The maximum absolute atomic E-state index is 12.9. The third kappa shape index (κ3) is 3.92. The summed E-state index contributed by atoms with van der Waals surface area (Å²) in [6.45, 7) is 12.0. The Kier molecular flexibility index (Phi) is 4.90. The van der Waals surface area contributed by atoms with Crippen LogP contribution >= 0.6 is 0 Å². The van der Waals surface area contributed by atoms with E-state index >= 15 is 0 Å². The van der Waals surface area contributed by atoms with E-state index in [1.807, 2.05) is 27.7 Å². The summed E-state index contributed by atoms with van der Waals surface area (Å²) in [5, 5.41) is 3.07. The minimum atomic E-state index is -0.671. The maximum atomic E-state index is 12.9. The van der Waals surface area contributed by atoms with Crippen LogP contribution in [0.3, 0.4) is 0 Å². The zero-order valence-electron chi connectivity index (χ0n) is 17.1. The molecule has 2 aromatic carbocycles. The van der Waals surface area contributed by atoms with Crippen LogP contribution in [0.5, 0.6) is 0 Å². The number of rotatable bonds is 3. The van der Waals surface area contributed by atoms with E-state index in [1.54, 1.807) is 0 Å². The average molecular weight is 364 g/mol. The largest absolute Gasteiger partial charge is 0.482 e. The molecular weight excluding hydrogens is 334 g/mol. The van der Waals surface area contributed by atoms with E-state index in [-0.39, 0.29) is 11.4 Å². The molecular formula is C24H29NO2. The van der Waals surface area contributed by atoms with Crippen LogP contribution < -0.4 is 5.32 Å². The summed E-state index contributed by atoms with van der Waals surface area (Å²) in [4.78, 5) is 12.9. The SMILES string of the molecule is CC1=C(C(=O)NC(C)(C)C)CC(c2ccc(C)cc2)(c2ccc(C)cc2)O1. The smallest absolute Gasteiger partial charge is 0.251 e. The van der Waals surface area contributed by atoms with Crippen molar-refractivity contribution in [2.24, 2.45) is 0 Å². The highest BCUT2D eigenvalue weighted by molar-refractivity contribution is 5.95. The molecule has 1 heterocycles. The van der Waals surface area contributed by atoms with Crippen LogP contribution in [0.1, 0.15) is 56.4 Å². The van der Waals surface area contributed by atoms with Crippen LogP contribution in [0.25, 0.3) is 0 Å². The van der Waals surface area contributed by atoms with Gasteiger partial charge >= 0.3 is 0 Å². The van der Waals surface area contributed by atoms with Crippen molar-refractivity contribution < 1.29 is 9.53 Å². The number of carbonyl (C=O) groups excluding carboxylic acids is 1. The predicted molar refractivity (Wildman–Crippen MR) is 109 cm³/mol. The number of nitrogens with one attached hydrogen (secondary N) is 1. The summed E-state index contributed by atoms with van der Waals surface area (Å²) in [6.07, 6.45) is 0.521. The van der Waals surface area contributed by atoms with Gasteiger partial charge < -0.3 is 10.1 Å². The standard InChI is InChI=1S/C24H29NO2/c1-16-7-11-19(12-8-16)24(20-13-9-17(2)10-14-20)15-21(18(3)27-24)22(26)25-23(4,5)6/h7-14H,15H2,1-6H3,(H,25,26). The van der Waals surface area contributed by atoms with Crippen LogP contribution in [0.15, 0.2) is 59.9 Å². The number of hydrogen-bond acceptors (Lipinski definition) is 2. The van der Waals surface area contributed by atoms with Gasteiger partial charge in [-0.3, -0.25) is 4.79 Å². The molecule has 0 saturated carbocycles. The quantitative estimate of drug-likeness (QED) is 0.818. The third-order valence-electron chi connectivity index (χ3n) is 4.98. The van der Waals surface area contributed by atoms with Gasteiger partial charge in [0.2, 0.25) is 0 Å². The molecule has 0 atom stereocenters. The molecule has 3 heteroatoms. The summed E-state index contributed by atoms with van der Waals surface area (Å²) >= 11 is 0. The van der Waals surface area contributed by atoms with Gasteiger partial charge in [0.05, 0.1) is 5.57 Å². The Labute approximate surface area is 162 Å².